The van der Waals surface area contributed by atoms with Gasteiger partial charge >= 0.3 is 0 Å². The summed E-state index contributed by atoms with van der Waals surface area (Å²) in [5, 5.41) is 0. The highest BCUT2D eigenvalue weighted by Gasteiger charge is 2.39. The van der Waals surface area contributed by atoms with Gasteiger partial charge in [0.1, 0.15) is 0 Å². The fourth-order valence-corrected chi connectivity index (χ4v) is 4.68. The van der Waals surface area contributed by atoms with Gasteiger partial charge in [-0.25, -0.2) is 0 Å². The molecule has 90 valence electrons. The van der Waals surface area contributed by atoms with E-state index >= 15 is 0 Å². The molecule has 0 spiro atoms. The van der Waals surface area contributed by atoms with Gasteiger partial charge in [0, 0.05) is 12.0 Å². The molecule has 1 unspecified atom stereocenters. The van der Waals surface area contributed by atoms with Crippen molar-refractivity contribution in [3.8, 4) is 0 Å². The molecule has 1 fully saturated rings. The van der Waals surface area contributed by atoms with Crippen molar-refractivity contribution in [2.75, 3.05) is 7.11 Å². The molecule has 1 nitrogen and oxygen atoms in total. The first kappa shape index (κ1) is 13.1. The lowest BCUT2D eigenvalue weighted by molar-refractivity contribution is -0.0772. The predicted molar refractivity (Wildman–Crippen MR) is 76.6 cm³/mol. The highest BCUT2D eigenvalue weighted by molar-refractivity contribution is 9.11. The molecule has 1 saturated carbocycles. The standard InChI is InChI=1S/C12H16Br2OS/c1-8-6-10(16-11(8)14)9(13)7-12(15-2)4-3-5-12/h6,9H,3-5,7H2,1-2H3. The summed E-state index contributed by atoms with van der Waals surface area (Å²) in [6.07, 6.45) is 4.80. The lowest BCUT2D eigenvalue weighted by Crippen LogP contribution is -2.39. The Labute approximate surface area is 118 Å². The van der Waals surface area contributed by atoms with Gasteiger partial charge in [-0.05, 0) is 60.2 Å². The second-order valence-corrected chi connectivity index (χ2v) is 8.02. The van der Waals surface area contributed by atoms with E-state index in [2.05, 4.69) is 44.8 Å². The number of hydrogen-bond donors (Lipinski definition) is 0. The molecule has 4 heteroatoms. The zero-order chi connectivity index (χ0) is 11.8. The maximum absolute atomic E-state index is 5.67. The SMILES string of the molecule is COC1(CC(Br)c2cc(C)c(Br)s2)CCC1. The quantitative estimate of drug-likeness (QED) is 0.663. The third-order valence-electron chi connectivity index (χ3n) is 3.43. The number of alkyl halides is 1. The van der Waals surface area contributed by atoms with Crippen LogP contribution in [0.15, 0.2) is 9.85 Å². The average Bonchev–Trinajstić information content (AvgIpc) is 2.53. The lowest BCUT2D eigenvalue weighted by Gasteiger charge is -2.41. The second-order valence-electron chi connectivity index (χ2n) is 4.52. The van der Waals surface area contributed by atoms with Crippen LogP contribution < -0.4 is 0 Å². The molecule has 0 aliphatic heterocycles. The van der Waals surface area contributed by atoms with Crippen molar-refractivity contribution >= 4 is 43.2 Å². The van der Waals surface area contributed by atoms with Gasteiger partial charge in [0.15, 0.2) is 0 Å². The van der Waals surface area contributed by atoms with Crippen molar-refractivity contribution in [1.29, 1.82) is 0 Å². The minimum atomic E-state index is 0.137. The molecule has 16 heavy (non-hydrogen) atoms. The van der Waals surface area contributed by atoms with Crippen LogP contribution in [0.3, 0.4) is 0 Å². The summed E-state index contributed by atoms with van der Waals surface area (Å²) >= 11 is 9.20. The molecule has 1 heterocycles. The van der Waals surface area contributed by atoms with Crippen molar-refractivity contribution < 1.29 is 4.74 Å². The molecule has 1 aliphatic carbocycles. The first-order valence-corrected chi connectivity index (χ1v) is 8.04. The van der Waals surface area contributed by atoms with Crippen molar-refractivity contribution in [2.24, 2.45) is 0 Å². The Morgan fingerprint density at radius 2 is 2.25 bits per heavy atom. The van der Waals surface area contributed by atoms with Gasteiger partial charge in [-0.3, -0.25) is 0 Å². The van der Waals surface area contributed by atoms with E-state index in [9.17, 15) is 0 Å². The van der Waals surface area contributed by atoms with Crippen molar-refractivity contribution in [3.05, 3.63) is 20.3 Å². The molecule has 2 rings (SSSR count). The van der Waals surface area contributed by atoms with E-state index in [1.165, 1.54) is 33.5 Å². The van der Waals surface area contributed by atoms with Crippen LogP contribution in [-0.2, 0) is 4.74 Å². The van der Waals surface area contributed by atoms with Crippen molar-refractivity contribution in [1.82, 2.24) is 0 Å². The summed E-state index contributed by atoms with van der Waals surface area (Å²) in [5.41, 5.74) is 1.46. The molecule has 0 aromatic carbocycles. The Kier molecular flexibility index (Phi) is 4.15. The third-order valence-corrected chi connectivity index (χ3v) is 6.80. The minimum Gasteiger partial charge on any atom is -0.378 e. The zero-order valence-corrected chi connectivity index (χ0v) is 13.5. The van der Waals surface area contributed by atoms with Gasteiger partial charge < -0.3 is 4.74 Å². The molecule has 1 atom stereocenters. The summed E-state index contributed by atoms with van der Waals surface area (Å²) in [5.74, 6) is 0. The van der Waals surface area contributed by atoms with Crippen LogP contribution in [0.5, 0.6) is 0 Å². The van der Waals surface area contributed by atoms with Crippen LogP contribution in [-0.4, -0.2) is 12.7 Å². The average molecular weight is 368 g/mol. The van der Waals surface area contributed by atoms with Gasteiger partial charge in [0.2, 0.25) is 0 Å². The smallest absolute Gasteiger partial charge is 0.0730 e. The molecular weight excluding hydrogens is 352 g/mol. The van der Waals surface area contributed by atoms with E-state index in [0.29, 0.717) is 4.83 Å². The molecule has 0 bridgehead atoms. The second kappa shape index (κ2) is 5.09. The molecule has 0 amide bonds. The van der Waals surface area contributed by atoms with E-state index in [1.54, 1.807) is 0 Å². The minimum absolute atomic E-state index is 0.137. The Balaban J connectivity index is 2.05. The van der Waals surface area contributed by atoms with E-state index < -0.39 is 0 Å². The number of aryl methyl sites for hydroxylation is 1. The summed E-state index contributed by atoms with van der Waals surface area (Å²) in [4.78, 5) is 1.82. The Morgan fingerprint density at radius 3 is 2.62 bits per heavy atom. The van der Waals surface area contributed by atoms with Crippen LogP contribution in [0.2, 0.25) is 0 Å². The number of halogens is 2. The highest BCUT2D eigenvalue weighted by Crippen LogP contribution is 2.46. The zero-order valence-electron chi connectivity index (χ0n) is 9.56. The summed E-state index contributed by atoms with van der Waals surface area (Å²) in [7, 11) is 1.84. The number of hydrogen-bond acceptors (Lipinski definition) is 2. The van der Waals surface area contributed by atoms with Crippen LogP contribution in [0, 0.1) is 6.92 Å². The van der Waals surface area contributed by atoms with Crippen molar-refractivity contribution in [2.45, 2.75) is 43.0 Å². The van der Waals surface area contributed by atoms with Crippen LogP contribution in [0.25, 0.3) is 0 Å². The topological polar surface area (TPSA) is 9.23 Å². The van der Waals surface area contributed by atoms with E-state index in [-0.39, 0.29) is 5.60 Å². The predicted octanol–water partition coefficient (Wildman–Crippen LogP) is 5.21. The maximum atomic E-state index is 5.67. The Hall–Kier alpha value is 0.620. The first-order valence-electron chi connectivity index (χ1n) is 5.51. The third kappa shape index (κ3) is 2.55. The van der Waals surface area contributed by atoms with E-state index in [0.717, 1.165) is 6.42 Å². The van der Waals surface area contributed by atoms with Gasteiger partial charge in [-0.1, -0.05) is 15.9 Å². The Morgan fingerprint density at radius 1 is 1.56 bits per heavy atom. The van der Waals surface area contributed by atoms with Crippen LogP contribution in [0.1, 0.15) is 41.0 Å². The van der Waals surface area contributed by atoms with E-state index in [1.807, 2.05) is 18.4 Å². The van der Waals surface area contributed by atoms with Crippen molar-refractivity contribution in [3.63, 3.8) is 0 Å². The van der Waals surface area contributed by atoms with Gasteiger partial charge in [0.05, 0.1) is 14.2 Å². The fourth-order valence-electron chi connectivity index (χ4n) is 2.13. The van der Waals surface area contributed by atoms with Gasteiger partial charge in [-0.15, -0.1) is 11.3 Å². The number of methoxy groups -OCH3 is 1. The normalized spacial score (nSPS) is 20.5. The molecular formula is C12H16Br2OS. The molecule has 0 radical (unpaired) electrons. The largest absolute Gasteiger partial charge is 0.378 e. The van der Waals surface area contributed by atoms with Gasteiger partial charge in [-0.2, -0.15) is 0 Å². The number of ether oxygens (including phenoxy) is 1. The van der Waals surface area contributed by atoms with Crippen LogP contribution in [0.4, 0.5) is 0 Å². The molecule has 0 N–H and O–H groups in total. The number of thiophene rings is 1. The number of rotatable bonds is 4. The molecule has 1 aromatic heterocycles. The van der Waals surface area contributed by atoms with Gasteiger partial charge in [0.25, 0.3) is 0 Å². The maximum Gasteiger partial charge on any atom is 0.0730 e. The summed E-state index contributed by atoms with van der Waals surface area (Å²) in [6.45, 7) is 2.14. The lowest BCUT2D eigenvalue weighted by atomic mass is 9.76. The molecule has 1 aromatic rings. The van der Waals surface area contributed by atoms with E-state index in [4.69, 9.17) is 4.74 Å². The summed E-state index contributed by atoms with van der Waals surface area (Å²) < 4.78 is 6.91. The first-order chi connectivity index (χ1) is 7.56. The molecule has 0 saturated heterocycles. The molecule has 1 aliphatic rings. The van der Waals surface area contributed by atoms with Crippen LogP contribution >= 0.6 is 43.2 Å². The monoisotopic (exact) mass is 366 g/mol. The Bertz CT molecular complexity index is 346. The summed E-state index contributed by atoms with van der Waals surface area (Å²) in [6, 6.07) is 2.26. The highest BCUT2D eigenvalue weighted by atomic mass is 79.9. The fraction of sp³-hybridized carbons (Fsp3) is 0.667.